The molecule has 2 rings (SSSR count). The maximum Gasteiger partial charge on any atom is 0.151 e. The Hall–Kier alpha value is -0.520. The van der Waals surface area contributed by atoms with Gasteiger partial charge in [0, 0.05) is 36.7 Å². The topological polar surface area (TPSA) is 41.3 Å². The molecular weight excluding hydrogens is 246 g/mol. The average molecular weight is 269 g/mol. The van der Waals surface area contributed by atoms with Crippen molar-refractivity contribution in [3.05, 3.63) is 17.5 Å². The van der Waals surface area contributed by atoms with E-state index in [0.717, 1.165) is 44.1 Å². The molecule has 0 aromatic carbocycles. The van der Waals surface area contributed by atoms with E-state index < -0.39 is 0 Å². The predicted molar refractivity (Wildman–Crippen MR) is 75.7 cm³/mol. The van der Waals surface area contributed by atoms with Gasteiger partial charge in [0.1, 0.15) is 0 Å². The monoisotopic (exact) mass is 269 g/mol. The number of hydrogen-bond donors (Lipinski definition) is 1. The van der Waals surface area contributed by atoms with Crippen molar-refractivity contribution in [1.82, 2.24) is 15.4 Å². The van der Waals surface area contributed by atoms with Gasteiger partial charge in [-0.05, 0) is 19.9 Å². The zero-order chi connectivity index (χ0) is 12.8. The SMILES string of the molecule is CCCNCc1cc(CN2CCSCC2C)on1. The first-order valence-electron chi connectivity index (χ1n) is 6.76. The summed E-state index contributed by atoms with van der Waals surface area (Å²) >= 11 is 2.04. The Bertz CT molecular complexity index is 356. The molecule has 5 heteroatoms. The normalized spacial score (nSPS) is 21.3. The lowest BCUT2D eigenvalue weighted by Crippen LogP contribution is -2.39. The van der Waals surface area contributed by atoms with Crippen LogP contribution in [0.5, 0.6) is 0 Å². The molecule has 4 nitrogen and oxygen atoms in total. The fourth-order valence-corrected chi connectivity index (χ4v) is 3.19. The van der Waals surface area contributed by atoms with Crippen LogP contribution in [0.3, 0.4) is 0 Å². The van der Waals surface area contributed by atoms with Gasteiger partial charge in [0.05, 0.1) is 12.2 Å². The lowest BCUT2D eigenvalue weighted by Gasteiger charge is -2.31. The van der Waals surface area contributed by atoms with Crippen LogP contribution in [-0.4, -0.2) is 40.7 Å². The van der Waals surface area contributed by atoms with Gasteiger partial charge < -0.3 is 9.84 Å². The van der Waals surface area contributed by atoms with E-state index in [9.17, 15) is 0 Å². The molecule has 1 fully saturated rings. The number of nitrogens with one attached hydrogen (secondary N) is 1. The zero-order valence-corrected chi connectivity index (χ0v) is 12.1. The van der Waals surface area contributed by atoms with Gasteiger partial charge in [-0.2, -0.15) is 11.8 Å². The van der Waals surface area contributed by atoms with E-state index in [1.807, 2.05) is 11.8 Å². The van der Waals surface area contributed by atoms with E-state index in [1.54, 1.807) is 0 Å². The molecule has 0 saturated carbocycles. The molecule has 1 saturated heterocycles. The molecule has 0 amide bonds. The highest BCUT2D eigenvalue weighted by Gasteiger charge is 2.20. The minimum Gasteiger partial charge on any atom is -0.360 e. The van der Waals surface area contributed by atoms with E-state index in [0.29, 0.717) is 6.04 Å². The second-order valence-electron chi connectivity index (χ2n) is 4.86. The lowest BCUT2D eigenvalue weighted by atomic mass is 10.2. The highest BCUT2D eigenvalue weighted by molar-refractivity contribution is 7.99. The van der Waals surface area contributed by atoms with Crippen LogP contribution in [0.2, 0.25) is 0 Å². The summed E-state index contributed by atoms with van der Waals surface area (Å²) in [4.78, 5) is 2.47. The third kappa shape index (κ3) is 4.00. The second-order valence-corrected chi connectivity index (χ2v) is 6.01. The van der Waals surface area contributed by atoms with Gasteiger partial charge in [0.15, 0.2) is 5.76 Å². The Morgan fingerprint density at radius 1 is 1.61 bits per heavy atom. The molecule has 1 aliphatic rings. The van der Waals surface area contributed by atoms with Crippen molar-refractivity contribution in [3.8, 4) is 0 Å². The first kappa shape index (κ1) is 13.9. The summed E-state index contributed by atoms with van der Waals surface area (Å²) in [7, 11) is 0. The highest BCUT2D eigenvalue weighted by Crippen LogP contribution is 2.18. The van der Waals surface area contributed by atoms with Gasteiger partial charge in [-0.1, -0.05) is 12.1 Å². The van der Waals surface area contributed by atoms with E-state index in [2.05, 4.69) is 35.3 Å². The molecule has 1 aromatic rings. The maximum atomic E-state index is 5.41. The molecule has 2 heterocycles. The first-order chi connectivity index (χ1) is 8.79. The fraction of sp³-hybridized carbons (Fsp3) is 0.769. The summed E-state index contributed by atoms with van der Waals surface area (Å²) in [5.74, 6) is 3.43. The van der Waals surface area contributed by atoms with Gasteiger partial charge in [-0.25, -0.2) is 0 Å². The molecule has 1 aromatic heterocycles. The van der Waals surface area contributed by atoms with Crippen LogP contribution in [0.15, 0.2) is 10.6 Å². The second kappa shape index (κ2) is 7.16. The van der Waals surface area contributed by atoms with Crippen molar-refractivity contribution in [2.24, 2.45) is 0 Å². The quantitative estimate of drug-likeness (QED) is 0.801. The Labute approximate surface area is 113 Å². The molecule has 18 heavy (non-hydrogen) atoms. The van der Waals surface area contributed by atoms with Crippen molar-refractivity contribution < 1.29 is 4.52 Å². The molecule has 0 spiro atoms. The summed E-state index contributed by atoms with van der Waals surface area (Å²) in [5, 5.41) is 7.45. The standard InChI is InChI=1S/C13H23N3OS/c1-3-4-14-8-12-7-13(17-15-12)9-16-5-6-18-10-11(16)2/h7,11,14H,3-6,8-10H2,1-2H3. The van der Waals surface area contributed by atoms with Crippen LogP contribution >= 0.6 is 11.8 Å². The molecule has 1 unspecified atom stereocenters. The summed E-state index contributed by atoms with van der Waals surface area (Å²) in [6.07, 6.45) is 1.15. The van der Waals surface area contributed by atoms with Crippen molar-refractivity contribution in [1.29, 1.82) is 0 Å². The number of hydrogen-bond acceptors (Lipinski definition) is 5. The Morgan fingerprint density at radius 3 is 3.28 bits per heavy atom. The molecular formula is C13H23N3OS. The van der Waals surface area contributed by atoms with Gasteiger partial charge in [-0.3, -0.25) is 4.90 Å². The average Bonchev–Trinajstić information content (AvgIpc) is 2.80. The third-order valence-corrected chi connectivity index (χ3v) is 4.39. The van der Waals surface area contributed by atoms with Crippen molar-refractivity contribution in [2.75, 3.05) is 24.6 Å². The van der Waals surface area contributed by atoms with Crippen LogP contribution in [-0.2, 0) is 13.1 Å². The maximum absolute atomic E-state index is 5.41. The number of aromatic nitrogens is 1. The zero-order valence-electron chi connectivity index (χ0n) is 11.3. The molecule has 1 N–H and O–H groups in total. The number of nitrogens with zero attached hydrogens (tertiary/aromatic N) is 2. The van der Waals surface area contributed by atoms with Crippen LogP contribution in [0.1, 0.15) is 31.7 Å². The minimum atomic E-state index is 0.635. The van der Waals surface area contributed by atoms with E-state index >= 15 is 0 Å². The van der Waals surface area contributed by atoms with Crippen LogP contribution in [0, 0.1) is 0 Å². The van der Waals surface area contributed by atoms with E-state index in [4.69, 9.17) is 4.52 Å². The van der Waals surface area contributed by atoms with Crippen molar-refractivity contribution in [3.63, 3.8) is 0 Å². The summed E-state index contributed by atoms with van der Waals surface area (Å²) in [6.45, 7) is 8.33. The molecule has 102 valence electrons. The summed E-state index contributed by atoms with van der Waals surface area (Å²) in [5.41, 5.74) is 1.01. The summed E-state index contributed by atoms with van der Waals surface area (Å²) < 4.78 is 5.41. The summed E-state index contributed by atoms with van der Waals surface area (Å²) in [6, 6.07) is 2.72. The van der Waals surface area contributed by atoms with Gasteiger partial charge in [0.25, 0.3) is 0 Å². The molecule has 0 bridgehead atoms. The number of rotatable bonds is 6. The Kier molecular flexibility index (Phi) is 5.53. The van der Waals surface area contributed by atoms with Gasteiger partial charge in [0.2, 0.25) is 0 Å². The van der Waals surface area contributed by atoms with E-state index in [-0.39, 0.29) is 0 Å². The van der Waals surface area contributed by atoms with E-state index in [1.165, 1.54) is 11.5 Å². The third-order valence-electron chi connectivity index (χ3n) is 3.20. The number of thioether (sulfide) groups is 1. The lowest BCUT2D eigenvalue weighted by molar-refractivity contribution is 0.197. The van der Waals surface area contributed by atoms with Gasteiger partial charge in [-0.15, -0.1) is 0 Å². The van der Waals surface area contributed by atoms with Crippen molar-refractivity contribution in [2.45, 2.75) is 39.4 Å². The Morgan fingerprint density at radius 2 is 2.50 bits per heavy atom. The molecule has 1 aliphatic heterocycles. The van der Waals surface area contributed by atoms with Gasteiger partial charge >= 0.3 is 0 Å². The Balaban J connectivity index is 1.82. The molecule has 1 atom stereocenters. The molecule has 0 radical (unpaired) electrons. The largest absolute Gasteiger partial charge is 0.360 e. The fourth-order valence-electron chi connectivity index (χ4n) is 2.10. The molecule has 0 aliphatic carbocycles. The predicted octanol–water partition coefficient (Wildman–Crippen LogP) is 2.11. The van der Waals surface area contributed by atoms with Crippen LogP contribution in [0.25, 0.3) is 0 Å². The van der Waals surface area contributed by atoms with Crippen LogP contribution < -0.4 is 5.32 Å². The highest BCUT2D eigenvalue weighted by atomic mass is 32.2. The smallest absolute Gasteiger partial charge is 0.151 e. The van der Waals surface area contributed by atoms with Crippen LogP contribution in [0.4, 0.5) is 0 Å². The van der Waals surface area contributed by atoms with Crippen molar-refractivity contribution >= 4 is 11.8 Å². The first-order valence-corrected chi connectivity index (χ1v) is 7.92. The minimum absolute atomic E-state index is 0.635.